The summed E-state index contributed by atoms with van der Waals surface area (Å²) in [4.78, 5) is 40.3. The molecule has 3 heterocycles. The van der Waals surface area contributed by atoms with E-state index in [1.165, 1.54) is 11.8 Å². The first-order valence-corrected chi connectivity index (χ1v) is 8.50. The highest BCUT2D eigenvalue weighted by molar-refractivity contribution is 5.96. The van der Waals surface area contributed by atoms with Gasteiger partial charge in [-0.05, 0) is 43.9 Å². The molecule has 1 aliphatic carbocycles. The number of imidazole rings is 1. The average Bonchev–Trinajstić information content (AvgIpc) is 3.01. The molecule has 4 rings (SSSR count). The molecule has 1 amide bonds. The van der Waals surface area contributed by atoms with Gasteiger partial charge in [0.05, 0.1) is 22.8 Å². The summed E-state index contributed by atoms with van der Waals surface area (Å²) in [5.41, 5.74) is 3.34. The molecule has 7 heteroatoms. The summed E-state index contributed by atoms with van der Waals surface area (Å²) in [6.45, 7) is 2.56. The van der Waals surface area contributed by atoms with E-state index in [1.807, 2.05) is 17.9 Å². The number of carbonyl (C=O) groups is 1. The first kappa shape index (κ1) is 15.6. The smallest absolute Gasteiger partial charge is 0.325 e. The van der Waals surface area contributed by atoms with E-state index in [4.69, 9.17) is 0 Å². The molecule has 1 atom stereocenters. The predicted octanol–water partition coefficient (Wildman–Crippen LogP) is 2.19. The second kappa shape index (κ2) is 6.16. The third kappa shape index (κ3) is 2.71. The Hall–Kier alpha value is -2.96. The summed E-state index contributed by atoms with van der Waals surface area (Å²) in [6, 6.07) is 5.68. The van der Waals surface area contributed by atoms with Gasteiger partial charge in [-0.1, -0.05) is 6.07 Å². The Balaban J connectivity index is 1.70. The van der Waals surface area contributed by atoms with Crippen molar-refractivity contribution in [3.63, 3.8) is 0 Å². The van der Waals surface area contributed by atoms with Crippen LogP contribution >= 0.6 is 0 Å². The number of nitrogens with zero attached hydrogens (tertiary/aromatic N) is 3. The second-order valence-corrected chi connectivity index (χ2v) is 6.25. The predicted molar refractivity (Wildman–Crippen MR) is 93.3 cm³/mol. The van der Waals surface area contributed by atoms with Crippen LogP contribution in [-0.4, -0.2) is 37.3 Å². The zero-order valence-electron chi connectivity index (χ0n) is 14.0. The van der Waals surface area contributed by atoms with Gasteiger partial charge in [0, 0.05) is 18.9 Å². The topological polar surface area (TPSA) is 94.7 Å². The van der Waals surface area contributed by atoms with Gasteiger partial charge in [0.1, 0.15) is 0 Å². The molecule has 7 nitrogen and oxygen atoms in total. The van der Waals surface area contributed by atoms with Crippen LogP contribution in [0.3, 0.4) is 0 Å². The number of hydrogen-bond acceptors (Lipinski definition) is 4. The number of carbonyl (C=O) groups excluding carboxylic acids is 1. The normalized spacial score (nSPS) is 16.6. The van der Waals surface area contributed by atoms with E-state index in [2.05, 4.69) is 26.0 Å². The molecule has 25 heavy (non-hydrogen) atoms. The molecule has 0 aliphatic heterocycles. The van der Waals surface area contributed by atoms with Crippen molar-refractivity contribution in [2.24, 2.45) is 0 Å². The number of H-pyrrole nitrogens is 2. The van der Waals surface area contributed by atoms with Gasteiger partial charge in [0.2, 0.25) is 0 Å². The van der Waals surface area contributed by atoms with Gasteiger partial charge < -0.3 is 9.88 Å². The summed E-state index contributed by atoms with van der Waals surface area (Å²) < 4.78 is 0. The highest BCUT2D eigenvalue weighted by Gasteiger charge is 2.30. The highest BCUT2D eigenvalue weighted by Crippen LogP contribution is 2.33. The molecule has 3 aromatic rings. The molecule has 0 spiro atoms. The minimum absolute atomic E-state index is 0.0246. The van der Waals surface area contributed by atoms with Crippen LogP contribution in [0.25, 0.3) is 11.2 Å². The number of nitrogens with one attached hydrogen (secondary N) is 2. The molecule has 3 aromatic heterocycles. The number of aryl methyl sites for hydroxylation is 1. The van der Waals surface area contributed by atoms with Crippen LogP contribution in [-0.2, 0) is 6.42 Å². The van der Waals surface area contributed by atoms with Crippen molar-refractivity contribution in [3.05, 3.63) is 57.9 Å². The first-order valence-electron chi connectivity index (χ1n) is 8.50. The van der Waals surface area contributed by atoms with Crippen LogP contribution in [0.2, 0.25) is 0 Å². The Bertz CT molecular complexity index is 990. The summed E-state index contributed by atoms with van der Waals surface area (Å²) in [7, 11) is 0. The summed E-state index contributed by atoms with van der Waals surface area (Å²) >= 11 is 0. The van der Waals surface area contributed by atoms with Crippen LogP contribution < -0.4 is 5.69 Å². The van der Waals surface area contributed by atoms with Gasteiger partial charge in [-0.15, -0.1) is 0 Å². The molecule has 0 radical (unpaired) electrons. The van der Waals surface area contributed by atoms with Crippen LogP contribution in [0.15, 0.2) is 35.4 Å². The van der Waals surface area contributed by atoms with Gasteiger partial charge in [-0.2, -0.15) is 0 Å². The van der Waals surface area contributed by atoms with Crippen molar-refractivity contribution in [1.82, 2.24) is 24.8 Å². The van der Waals surface area contributed by atoms with Crippen LogP contribution in [0.1, 0.15) is 47.4 Å². The standard InChI is InChI=1S/C18H19N5O2/c1-2-23(14-7-3-5-11-6-4-8-19-15(11)14)17(24)12-9-13-16(20-10-12)22-18(25)21-13/h4,6,8-10,14H,2-3,5,7H2,1H3,(H2,20,21,22,25). The molecule has 0 saturated heterocycles. The lowest BCUT2D eigenvalue weighted by Crippen LogP contribution is -2.37. The van der Waals surface area contributed by atoms with Gasteiger partial charge in [0.15, 0.2) is 5.65 Å². The summed E-state index contributed by atoms with van der Waals surface area (Å²) in [6.07, 6.45) is 6.24. The molecule has 0 aromatic carbocycles. The average molecular weight is 337 g/mol. The van der Waals surface area contributed by atoms with Gasteiger partial charge in [-0.3, -0.25) is 14.8 Å². The lowest BCUT2D eigenvalue weighted by Gasteiger charge is -2.34. The number of aromatic amines is 2. The molecule has 0 fully saturated rings. The third-order valence-corrected chi connectivity index (χ3v) is 4.76. The maximum absolute atomic E-state index is 13.1. The summed E-state index contributed by atoms with van der Waals surface area (Å²) in [5.74, 6) is -0.0950. The van der Waals surface area contributed by atoms with E-state index < -0.39 is 0 Å². The minimum atomic E-state index is -0.329. The molecule has 128 valence electrons. The van der Waals surface area contributed by atoms with Gasteiger partial charge in [-0.25, -0.2) is 9.78 Å². The van der Waals surface area contributed by atoms with E-state index in [1.54, 1.807) is 12.3 Å². The Labute approximate surface area is 144 Å². The van der Waals surface area contributed by atoms with Crippen molar-refractivity contribution in [2.45, 2.75) is 32.2 Å². The Kier molecular flexibility index (Phi) is 3.83. The molecular formula is C18H19N5O2. The Morgan fingerprint density at radius 2 is 2.24 bits per heavy atom. The molecule has 1 unspecified atom stereocenters. The van der Waals surface area contributed by atoms with E-state index in [-0.39, 0.29) is 17.6 Å². The SMILES string of the molecule is CCN(C(=O)c1cnc2[nH]c(=O)[nH]c2c1)C1CCCc2cccnc21. The van der Waals surface area contributed by atoms with Gasteiger partial charge >= 0.3 is 5.69 Å². The van der Waals surface area contributed by atoms with Gasteiger partial charge in [0.25, 0.3) is 5.91 Å². The number of hydrogen-bond donors (Lipinski definition) is 2. The second-order valence-electron chi connectivity index (χ2n) is 6.25. The zero-order valence-corrected chi connectivity index (χ0v) is 14.0. The first-order chi connectivity index (χ1) is 12.2. The van der Waals surface area contributed by atoms with E-state index in [0.29, 0.717) is 23.3 Å². The number of fused-ring (bicyclic) bond motifs is 2. The Morgan fingerprint density at radius 3 is 3.08 bits per heavy atom. The lowest BCUT2D eigenvalue weighted by molar-refractivity contribution is 0.0665. The fourth-order valence-electron chi connectivity index (χ4n) is 3.60. The van der Waals surface area contributed by atoms with Crippen molar-refractivity contribution >= 4 is 17.1 Å². The molecule has 1 aliphatic rings. The monoisotopic (exact) mass is 337 g/mol. The third-order valence-electron chi connectivity index (χ3n) is 4.76. The van der Waals surface area contributed by atoms with Crippen LogP contribution in [0, 0.1) is 0 Å². The number of amides is 1. The fourth-order valence-corrected chi connectivity index (χ4v) is 3.60. The maximum atomic E-state index is 13.1. The number of pyridine rings is 2. The minimum Gasteiger partial charge on any atom is -0.330 e. The quantitative estimate of drug-likeness (QED) is 0.766. The Morgan fingerprint density at radius 1 is 1.36 bits per heavy atom. The molecule has 0 saturated carbocycles. The lowest BCUT2D eigenvalue weighted by atomic mass is 9.90. The van der Waals surface area contributed by atoms with Crippen LogP contribution in [0.5, 0.6) is 0 Å². The van der Waals surface area contributed by atoms with Crippen molar-refractivity contribution in [3.8, 4) is 0 Å². The van der Waals surface area contributed by atoms with E-state index in [0.717, 1.165) is 25.0 Å². The highest BCUT2D eigenvalue weighted by atomic mass is 16.2. The van der Waals surface area contributed by atoms with Crippen molar-refractivity contribution < 1.29 is 4.79 Å². The van der Waals surface area contributed by atoms with Crippen molar-refractivity contribution in [1.29, 1.82) is 0 Å². The fraction of sp³-hybridized carbons (Fsp3) is 0.333. The molecule has 0 bridgehead atoms. The largest absolute Gasteiger partial charge is 0.330 e. The van der Waals surface area contributed by atoms with E-state index in [9.17, 15) is 9.59 Å². The van der Waals surface area contributed by atoms with Crippen LogP contribution in [0.4, 0.5) is 0 Å². The van der Waals surface area contributed by atoms with E-state index >= 15 is 0 Å². The summed E-state index contributed by atoms with van der Waals surface area (Å²) in [5, 5.41) is 0. The number of rotatable bonds is 3. The molecular weight excluding hydrogens is 318 g/mol. The zero-order chi connectivity index (χ0) is 17.4. The van der Waals surface area contributed by atoms with Crippen molar-refractivity contribution in [2.75, 3.05) is 6.54 Å². The number of aromatic nitrogens is 4. The molecule has 2 N–H and O–H groups in total. The maximum Gasteiger partial charge on any atom is 0.325 e.